The Bertz CT molecular complexity index is 540. The van der Waals surface area contributed by atoms with Crippen LogP contribution in [0.3, 0.4) is 0 Å². The van der Waals surface area contributed by atoms with Crippen LogP contribution in [-0.4, -0.2) is 47.1 Å². The van der Waals surface area contributed by atoms with Crippen LogP contribution in [0.15, 0.2) is 4.52 Å². The van der Waals surface area contributed by atoms with Gasteiger partial charge in [0.25, 0.3) is 0 Å². The summed E-state index contributed by atoms with van der Waals surface area (Å²) in [4.78, 5) is 19.3. The molecule has 3 heterocycles. The van der Waals surface area contributed by atoms with Gasteiger partial charge in [0.05, 0.1) is 5.92 Å². The van der Waals surface area contributed by atoms with Gasteiger partial charge in [0.15, 0.2) is 5.82 Å². The average Bonchev–Trinajstić information content (AvgIpc) is 3.32. The van der Waals surface area contributed by atoms with Crippen LogP contribution < -0.4 is 5.32 Å². The Hall–Kier alpha value is -1.14. The number of rotatable bonds is 3. The lowest BCUT2D eigenvalue weighted by molar-refractivity contribution is -0.137. The van der Waals surface area contributed by atoms with Gasteiger partial charge in [0.2, 0.25) is 11.8 Å². The van der Waals surface area contributed by atoms with Crippen LogP contribution in [0.5, 0.6) is 0 Å². The Balaban J connectivity index is 0.00000156. The Labute approximate surface area is 142 Å². The molecule has 1 saturated carbocycles. The van der Waals surface area contributed by atoms with E-state index in [-0.39, 0.29) is 24.2 Å². The van der Waals surface area contributed by atoms with Crippen molar-refractivity contribution in [3.05, 3.63) is 11.7 Å². The maximum Gasteiger partial charge on any atom is 0.229 e. The molecule has 1 aliphatic carbocycles. The van der Waals surface area contributed by atoms with E-state index in [9.17, 15) is 4.79 Å². The van der Waals surface area contributed by atoms with Crippen molar-refractivity contribution in [1.82, 2.24) is 20.4 Å². The fourth-order valence-corrected chi connectivity index (χ4v) is 3.62. The van der Waals surface area contributed by atoms with Gasteiger partial charge in [-0.1, -0.05) is 5.16 Å². The number of hydrogen-bond acceptors (Lipinski definition) is 5. The third-order valence-electron chi connectivity index (χ3n) is 5.13. The van der Waals surface area contributed by atoms with Crippen molar-refractivity contribution in [2.45, 2.75) is 50.4 Å². The fraction of sp³-hybridized carbons (Fsp3) is 0.812. The van der Waals surface area contributed by atoms with E-state index in [1.165, 1.54) is 12.8 Å². The molecular weight excluding hydrogens is 316 g/mol. The van der Waals surface area contributed by atoms with Crippen molar-refractivity contribution in [3.8, 4) is 0 Å². The largest absolute Gasteiger partial charge is 0.342 e. The molecule has 128 valence electrons. The Morgan fingerprint density at radius 2 is 2.04 bits per heavy atom. The van der Waals surface area contributed by atoms with Crippen molar-refractivity contribution in [1.29, 1.82) is 0 Å². The van der Waals surface area contributed by atoms with E-state index >= 15 is 0 Å². The Kier molecular flexibility index (Phi) is 5.21. The summed E-state index contributed by atoms with van der Waals surface area (Å²) in [5.74, 6) is 2.81. The second-order valence-electron chi connectivity index (χ2n) is 6.93. The first-order chi connectivity index (χ1) is 10.8. The number of piperidine rings is 2. The highest BCUT2D eigenvalue weighted by Crippen LogP contribution is 2.39. The quantitative estimate of drug-likeness (QED) is 0.912. The third-order valence-corrected chi connectivity index (χ3v) is 5.13. The van der Waals surface area contributed by atoms with E-state index in [1.54, 1.807) is 0 Å². The van der Waals surface area contributed by atoms with Gasteiger partial charge >= 0.3 is 0 Å². The van der Waals surface area contributed by atoms with Gasteiger partial charge in [0, 0.05) is 31.5 Å². The first kappa shape index (κ1) is 16.7. The highest BCUT2D eigenvalue weighted by molar-refractivity contribution is 5.85. The summed E-state index contributed by atoms with van der Waals surface area (Å²) in [6.45, 7) is 3.49. The number of likely N-dealkylation sites (tertiary alicyclic amines) is 1. The Morgan fingerprint density at radius 1 is 1.17 bits per heavy atom. The minimum absolute atomic E-state index is 0. The standard InChI is InChI=1S/C16H24N4O2.ClH/c21-16(12-3-1-7-17-9-12)20-8-2-4-13(10-20)14-18-15(22-19-14)11-5-6-11;/h11-13,17H,1-10H2;1H. The number of aromatic nitrogens is 2. The molecule has 0 aromatic carbocycles. The molecule has 1 amide bonds. The third kappa shape index (κ3) is 3.69. The van der Waals surface area contributed by atoms with Crippen molar-refractivity contribution in [3.63, 3.8) is 0 Å². The van der Waals surface area contributed by atoms with Crippen molar-refractivity contribution < 1.29 is 9.32 Å². The molecule has 0 radical (unpaired) electrons. The minimum Gasteiger partial charge on any atom is -0.342 e. The highest BCUT2D eigenvalue weighted by atomic mass is 35.5. The molecule has 3 aliphatic rings. The molecule has 1 aromatic rings. The molecule has 4 rings (SSSR count). The fourth-order valence-electron chi connectivity index (χ4n) is 3.62. The number of hydrogen-bond donors (Lipinski definition) is 1. The molecule has 7 heteroatoms. The van der Waals surface area contributed by atoms with Gasteiger partial charge in [-0.15, -0.1) is 12.4 Å². The SMILES string of the molecule is Cl.O=C(C1CCCNC1)N1CCCC(c2noc(C3CC3)n2)C1. The predicted molar refractivity (Wildman–Crippen MR) is 87.7 cm³/mol. The lowest BCUT2D eigenvalue weighted by atomic mass is 9.93. The summed E-state index contributed by atoms with van der Waals surface area (Å²) in [5.41, 5.74) is 0. The smallest absolute Gasteiger partial charge is 0.229 e. The van der Waals surface area contributed by atoms with E-state index < -0.39 is 0 Å². The van der Waals surface area contributed by atoms with E-state index in [0.717, 1.165) is 63.6 Å². The first-order valence-electron chi connectivity index (χ1n) is 8.64. The molecule has 2 atom stereocenters. The number of carbonyl (C=O) groups excluding carboxylic acids is 1. The molecule has 2 unspecified atom stereocenters. The summed E-state index contributed by atoms with van der Waals surface area (Å²) < 4.78 is 5.38. The van der Waals surface area contributed by atoms with Crippen molar-refractivity contribution in [2.75, 3.05) is 26.2 Å². The topological polar surface area (TPSA) is 71.3 Å². The molecule has 2 aliphatic heterocycles. The van der Waals surface area contributed by atoms with Crippen LogP contribution in [0.1, 0.15) is 62.1 Å². The second kappa shape index (κ2) is 7.18. The zero-order valence-electron chi connectivity index (χ0n) is 13.4. The van der Waals surface area contributed by atoms with Crippen LogP contribution in [0, 0.1) is 5.92 Å². The van der Waals surface area contributed by atoms with Gasteiger partial charge < -0.3 is 14.7 Å². The second-order valence-corrected chi connectivity index (χ2v) is 6.93. The van der Waals surface area contributed by atoms with Crippen LogP contribution in [0.25, 0.3) is 0 Å². The number of amides is 1. The molecule has 0 bridgehead atoms. The summed E-state index contributed by atoms with van der Waals surface area (Å²) in [6, 6.07) is 0. The zero-order chi connectivity index (χ0) is 14.9. The van der Waals surface area contributed by atoms with Gasteiger partial charge in [0.1, 0.15) is 0 Å². The van der Waals surface area contributed by atoms with Gasteiger partial charge in [-0.25, -0.2) is 0 Å². The van der Waals surface area contributed by atoms with Crippen LogP contribution in [0.2, 0.25) is 0 Å². The molecule has 1 N–H and O–H groups in total. The first-order valence-corrected chi connectivity index (χ1v) is 8.64. The van der Waals surface area contributed by atoms with Crippen molar-refractivity contribution in [2.24, 2.45) is 5.92 Å². The number of nitrogens with one attached hydrogen (secondary N) is 1. The molecule has 6 nitrogen and oxygen atoms in total. The van der Waals surface area contributed by atoms with Crippen LogP contribution >= 0.6 is 12.4 Å². The molecule has 2 saturated heterocycles. The van der Waals surface area contributed by atoms with Crippen molar-refractivity contribution >= 4 is 18.3 Å². The van der Waals surface area contributed by atoms with Gasteiger partial charge in [-0.05, 0) is 45.1 Å². The van der Waals surface area contributed by atoms with Crippen LogP contribution in [-0.2, 0) is 4.79 Å². The highest BCUT2D eigenvalue weighted by Gasteiger charge is 2.34. The summed E-state index contributed by atoms with van der Waals surface area (Å²) in [7, 11) is 0. The molecule has 23 heavy (non-hydrogen) atoms. The summed E-state index contributed by atoms with van der Waals surface area (Å²) in [6.07, 6.45) is 6.54. The minimum atomic E-state index is 0. The lowest BCUT2D eigenvalue weighted by Gasteiger charge is -2.35. The van der Waals surface area contributed by atoms with Gasteiger partial charge in [-0.2, -0.15) is 4.98 Å². The van der Waals surface area contributed by atoms with Crippen LogP contribution in [0.4, 0.5) is 0 Å². The van der Waals surface area contributed by atoms with Gasteiger partial charge in [-0.3, -0.25) is 4.79 Å². The summed E-state index contributed by atoms with van der Waals surface area (Å²) >= 11 is 0. The van der Waals surface area contributed by atoms with E-state index in [2.05, 4.69) is 15.5 Å². The monoisotopic (exact) mass is 340 g/mol. The molecule has 1 aromatic heterocycles. The number of nitrogens with zero attached hydrogens (tertiary/aromatic N) is 3. The molecular formula is C16H25ClN4O2. The average molecular weight is 341 g/mol. The predicted octanol–water partition coefficient (Wildman–Crippen LogP) is 2.07. The lowest BCUT2D eigenvalue weighted by Crippen LogP contribution is -2.46. The normalized spacial score (nSPS) is 28.3. The zero-order valence-corrected chi connectivity index (χ0v) is 14.2. The number of carbonyl (C=O) groups is 1. The maximum absolute atomic E-state index is 12.7. The Morgan fingerprint density at radius 3 is 2.78 bits per heavy atom. The molecule has 3 fully saturated rings. The van der Waals surface area contributed by atoms with E-state index in [0.29, 0.717) is 11.8 Å². The summed E-state index contributed by atoms with van der Waals surface area (Å²) in [5, 5.41) is 7.50. The maximum atomic E-state index is 12.7. The molecule has 0 spiro atoms. The van der Waals surface area contributed by atoms with E-state index in [1.807, 2.05) is 4.90 Å². The van der Waals surface area contributed by atoms with E-state index in [4.69, 9.17) is 4.52 Å². The number of halogens is 1.